The molecule has 0 aliphatic heterocycles. The first-order chi connectivity index (χ1) is 7.70. The van der Waals surface area contributed by atoms with Gasteiger partial charge in [0, 0.05) is 25.3 Å². The van der Waals surface area contributed by atoms with Gasteiger partial charge in [0.1, 0.15) is 6.79 Å². The summed E-state index contributed by atoms with van der Waals surface area (Å²) in [7, 11) is 3.17. The number of benzene rings is 1. The van der Waals surface area contributed by atoms with E-state index in [1.54, 1.807) is 38.5 Å². The Morgan fingerprint density at radius 1 is 1.00 bits per heavy atom. The van der Waals surface area contributed by atoms with E-state index in [0.29, 0.717) is 17.9 Å². The lowest BCUT2D eigenvalue weighted by atomic mass is 10.1. The number of carbonyl (C=O) groups is 2. The van der Waals surface area contributed by atoms with Gasteiger partial charge in [-0.05, 0) is 0 Å². The van der Waals surface area contributed by atoms with E-state index >= 15 is 0 Å². The van der Waals surface area contributed by atoms with Gasteiger partial charge in [-0.25, -0.2) is 0 Å². The van der Waals surface area contributed by atoms with Crippen molar-refractivity contribution in [3.8, 4) is 0 Å². The molecule has 0 bridgehead atoms. The molecule has 1 aliphatic carbocycles. The van der Waals surface area contributed by atoms with Crippen molar-refractivity contribution in [1.82, 2.24) is 0 Å². The molecule has 86 valence electrons. The smallest absolute Gasteiger partial charge is 0.171 e. The second-order valence-electron chi connectivity index (χ2n) is 3.26. The predicted molar refractivity (Wildman–Crippen MR) is 58.6 cm³/mol. The summed E-state index contributed by atoms with van der Waals surface area (Å²) in [6.45, 7) is 0.389. The van der Waals surface area contributed by atoms with Crippen LogP contribution >= 0.6 is 0 Å². The SMILES string of the molecule is COCOC.O=C1CC(=O)c2ccccc21. The van der Waals surface area contributed by atoms with Crippen molar-refractivity contribution in [2.24, 2.45) is 0 Å². The lowest BCUT2D eigenvalue weighted by Gasteiger charge is -1.90. The lowest BCUT2D eigenvalue weighted by Crippen LogP contribution is -1.90. The lowest BCUT2D eigenvalue weighted by molar-refractivity contribution is -0.00272. The van der Waals surface area contributed by atoms with Crippen molar-refractivity contribution >= 4 is 11.6 Å². The second-order valence-corrected chi connectivity index (χ2v) is 3.26. The number of ketones is 2. The standard InChI is InChI=1S/C9H6O2.C3H8O2/c10-8-5-9(11)7-4-2-1-3-6(7)8;1-4-3-5-2/h1-4H,5H2;3H2,1-2H3. The largest absolute Gasteiger partial charge is 0.359 e. The molecule has 1 aromatic rings. The zero-order valence-electron chi connectivity index (χ0n) is 9.36. The fraction of sp³-hybridized carbons (Fsp3) is 0.333. The molecule has 0 unspecified atom stereocenters. The van der Waals surface area contributed by atoms with Crippen molar-refractivity contribution in [3.63, 3.8) is 0 Å². The van der Waals surface area contributed by atoms with Gasteiger partial charge < -0.3 is 9.47 Å². The van der Waals surface area contributed by atoms with Gasteiger partial charge in [0.25, 0.3) is 0 Å². The highest BCUT2D eigenvalue weighted by Crippen LogP contribution is 2.20. The third kappa shape index (κ3) is 2.98. The predicted octanol–water partition coefficient (Wildman–Crippen LogP) is 1.69. The minimum Gasteiger partial charge on any atom is -0.359 e. The van der Waals surface area contributed by atoms with E-state index in [0.717, 1.165) is 0 Å². The summed E-state index contributed by atoms with van der Waals surface area (Å²) >= 11 is 0. The van der Waals surface area contributed by atoms with Crippen LogP contribution in [0.4, 0.5) is 0 Å². The summed E-state index contributed by atoms with van der Waals surface area (Å²) < 4.78 is 8.94. The third-order valence-electron chi connectivity index (χ3n) is 2.08. The van der Waals surface area contributed by atoms with Gasteiger partial charge in [-0.1, -0.05) is 24.3 Å². The first kappa shape index (κ1) is 12.5. The van der Waals surface area contributed by atoms with Crippen molar-refractivity contribution in [2.45, 2.75) is 6.42 Å². The highest BCUT2D eigenvalue weighted by atomic mass is 16.6. The number of carbonyl (C=O) groups excluding carboxylic acids is 2. The monoisotopic (exact) mass is 222 g/mol. The Bertz CT molecular complexity index is 349. The van der Waals surface area contributed by atoms with Gasteiger partial charge in [0.2, 0.25) is 0 Å². The van der Waals surface area contributed by atoms with Crippen LogP contribution in [-0.4, -0.2) is 32.6 Å². The average Bonchev–Trinajstić information content (AvgIpc) is 2.58. The Kier molecular flexibility index (Phi) is 4.82. The van der Waals surface area contributed by atoms with Crippen molar-refractivity contribution in [2.75, 3.05) is 21.0 Å². The van der Waals surface area contributed by atoms with E-state index in [-0.39, 0.29) is 18.0 Å². The Morgan fingerprint density at radius 3 is 1.75 bits per heavy atom. The zero-order chi connectivity index (χ0) is 12.0. The number of fused-ring (bicyclic) bond motifs is 1. The minimum absolute atomic E-state index is 0.0504. The highest BCUT2D eigenvalue weighted by molar-refractivity contribution is 6.24. The second kappa shape index (κ2) is 6.15. The normalized spacial score (nSPS) is 13.1. The maximum absolute atomic E-state index is 11.1. The van der Waals surface area contributed by atoms with Crippen LogP contribution in [0, 0.1) is 0 Å². The summed E-state index contributed by atoms with van der Waals surface area (Å²) in [5.74, 6) is -0.101. The molecule has 4 heteroatoms. The molecule has 16 heavy (non-hydrogen) atoms. The number of methoxy groups -OCH3 is 2. The van der Waals surface area contributed by atoms with Crippen molar-refractivity contribution in [3.05, 3.63) is 35.4 Å². The van der Waals surface area contributed by atoms with E-state index < -0.39 is 0 Å². The maximum Gasteiger partial charge on any atom is 0.171 e. The van der Waals surface area contributed by atoms with Gasteiger partial charge in [0.05, 0.1) is 6.42 Å². The van der Waals surface area contributed by atoms with E-state index in [9.17, 15) is 9.59 Å². The molecular weight excluding hydrogens is 208 g/mol. The Hall–Kier alpha value is -1.52. The molecule has 2 rings (SSSR count). The quantitative estimate of drug-likeness (QED) is 0.564. The van der Waals surface area contributed by atoms with E-state index in [1.165, 1.54) is 0 Å². The molecule has 4 nitrogen and oxygen atoms in total. The van der Waals surface area contributed by atoms with Gasteiger partial charge in [0.15, 0.2) is 11.6 Å². The molecule has 0 fully saturated rings. The first-order valence-electron chi connectivity index (χ1n) is 4.84. The molecule has 0 spiro atoms. The maximum atomic E-state index is 11.1. The van der Waals surface area contributed by atoms with Gasteiger partial charge in [-0.3, -0.25) is 9.59 Å². The van der Waals surface area contributed by atoms with Crippen LogP contribution in [0.1, 0.15) is 27.1 Å². The number of ether oxygens (including phenoxy) is 2. The van der Waals surface area contributed by atoms with Crippen LogP contribution in [0.25, 0.3) is 0 Å². The Labute approximate surface area is 94.2 Å². The summed E-state index contributed by atoms with van der Waals surface area (Å²) in [6, 6.07) is 6.94. The number of hydrogen-bond acceptors (Lipinski definition) is 4. The van der Waals surface area contributed by atoms with E-state index in [4.69, 9.17) is 0 Å². The molecule has 1 aliphatic rings. The van der Waals surface area contributed by atoms with E-state index in [2.05, 4.69) is 9.47 Å². The fourth-order valence-corrected chi connectivity index (χ4v) is 1.42. The average molecular weight is 222 g/mol. The van der Waals surface area contributed by atoms with Gasteiger partial charge >= 0.3 is 0 Å². The van der Waals surface area contributed by atoms with Crippen LogP contribution < -0.4 is 0 Å². The Balaban J connectivity index is 0.000000221. The molecule has 0 radical (unpaired) electrons. The summed E-state index contributed by atoms with van der Waals surface area (Å²) in [5.41, 5.74) is 1.16. The number of Topliss-reactive ketones (excluding diaryl/α,β-unsaturated/α-hetero) is 2. The molecule has 0 atom stereocenters. The topological polar surface area (TPSA) is 52.6 Å². The molecule has 0 saturated heterocycles. The van der Waals surface area contributed by atoms with Crippen LogP contribution in [-0.2, 0) is 9.47 Å². The van der Waals surface area contributed by atoms with Crippen LogP contribution in [0.2, 0.25) is 0 Å². The molecular formula is C12H14O4. The molecule has 0 saturated carbocycles. The fourth-order valence-electron chi connectivity index (χ4n) is 1.42. The van der Waals surface area contributed by atoms with Crippen LogP contribution in [0.3, 0.4) is 0 Å². The van der Waals surface area contributed by atoms with Crippen LogP contribution in [0.15, 0.2) is 24.3 Å². The first-order valence-corrected chi connectivity index (χ1v) is 4.84. The van der Waals surface area contributed by atoms with Gasteiger partial charge in [-0.2, -0.15) is 0 Å². The summed E-state index contributed by atoms with van der Waals surface area (Å²) in [6.07, 6.45) is 0.0549. The van der Waals surface area contributed by atoms with Crippen LogP contribution in [0.5, 0.6) is 0 Å². The Morgan fingerprint density at radius 2 is 1.44 bits per heavy atom. The van der Waals surface area contributed by atoms with Crippen molar-refractivity contribution in [1.29, 1.82) is 0 Å². The molecule has 0 amide bonds. The molecule has 0 heterocycles. The molecule has 1 aromatic carbocycles. The summed E-state index contributed by atoms with van der Waals surface area (Å²) in [4.78, 5) is 22.1. The molecule has 0 N–H and O–H groups in total. The van der Waals surface area contributed by atoms with E-state index in [1.807, 2.05) is 0 Å². The number of hydrogen-bond donors (Lipinski definition) is 0. The highest BCUT2D eigenvalue weighted by Gasteiger charge is 2.25. The summed E-state index contributed by atoms with van der Waals surface area (Å²) in [5, 5.41) is 0. The molecule has 0 aromatic heterocycles. The number of rotatable bonds is 2. The minimum atomic E-state index is -0.0504. The zero-order valence-corrected chi connectivity index (χ0v) is 9.36. The van der Waals surface area contributed by atoms with Gasteiger partial charge in [-0.15, -0.1) is 0 Å². The third-order valence-corrected chi connectivity index (χ3v) is 2.08. The van der Waals surface area contributed by atoms with Crippen molar-refractivity contribution < 1.29 is 19.1 Å².